The number of carbonyl (C=O) groups is 2. The van der Waals surface area contributed by atoms with Crippen LogP contribution in [-0.4, -0.2) is 37.1 Å². The fourth-order valence-electron chi connectivity index (χ4n) is 4.40. The minimum Gasteiger partial charge on any atom is -0.491 e. The second-order valence-corrected chi connectivity index (χ2v) is 10.1. The van der Waals surface area contributed by atoms with Crippen molar-refractivity contribution in [3.63, 3.8) is 0 Å². The van der Waals surface area contributed by atoms with Gasteiger partial charge < -0.3 is 35.1 Å². The monoisotopic (exact) mass is 561 g/mol. The largest absolute Gasteiger partial charge is 0.491 e. The number of hydrogen-bond acceptors (Lipinski definition) is 8. The van der Waals surface area contributed by atoms with Crippen LogP contribution in [0.15, 0.2) is 78.9 Å². The zero-order chi connectivity index (χ0) is 29.2. The zero-order valence-electron chi connectivity index (χ0n) is 23.1. The van der Waals surface area contributed by atoms with Crippen molar-refractivity contribution in [3.05, 3.63) is 84.4 Å². The van der Waals surface area contributed by atoms with Crippen LogP contribution in [0.1, 0.15) is 38.4 Å². The third-order valence-electron chi connectivity index (χ3n) is 6.52. The van der Waals surface area contributed by atoms with Gasteiger partial charge in [-0.05, 0) is 60.9 Å². The quantitative estimate of drug-likeness (QED) is 0.164. The van der Waals surface area contributed by atoms with Crippen LogP contribution in [0.2, 0.25) is 0 Å². The highest BCUT2D eigenvalue weighted by Crippen LogP contribution is 2.42. The maximum atomic E-state index is 13.1. The van der Waals surface area contributed by atoms with Crippen molar-refractivity contribution in [2.24, 2.45) is 5.41 Å². The molecule has 5 N–H and O–H groups in total. The first kappa shape index (κ1) is 29.3. The predicted molar refractivity (Wildman–Crippen MR) is 156 cm³/mol. The lowest BCUT2D eigenvalue weighted by Gasteiger charge is -2.34. The highest BCUT2D eigenvalue weighted by molar-refractivity contribution is 6.01. The number of amides is 2. The topological polar surface area (TPSA) is 141 Å². The molecule has 3 aromatic carbocycles. The van der Waals surface area contributed by atoms with Gasteiger partial charge in [-0.3, -0.25) is 10.1 Å². The van der Waals surface area contributed by atoms with Gasteiger partial charge in [-0.1, -0.05) is 44.2 Å². The summed E-state index contributed by atoms with van der Waals surface area (Å²) >= 11 is 0. The number of aliphatic hydroxyl groups is 1. The number of fused-ring (bicyclic) bond motifs is 1. The second-order valence-electron chi connectivity index (χ2n) is 10.1. The van der Waals surface area contributed by atoms with Crippen LogP contribution in [0.5, 0.6) is 17.2 Å². The lowest BCUT2D eigenvalue weighted by atomic mass is 9.78. The number of allylic oxidation sites excluding steroid dienone is 1. The number of rotatable bonds is 12. The van der Waals surface area contributed by atoms with Crippen molar-refractivity contribution in [1.29, 1.82) is 0 Å². The molecule has 41 heavy (non-hydrogen) atoms. The molecule has 3 aromatic rings. The molecule has 0 bridgehead atoms. The fourth-order valence-corrected chi connectivity index (χ4v) is 4.40. The van der Waals surface area contributed by atoms with Crippen molar-refractivity contribution >= 4 is 29.1 Å². The van der Waals surface area contributed by atoms with Gasteiger partial charge in [0.25, 0.3) is 0 Å². The van der Waals surface area contributed by atoms with Crippen molar-refractivity contribution in [1.82, 2.24) is 0 Å². The van der Waals surface area contributed by atoms with Gasteiger partial charge >= 0.3 is 6.09 Å². The smallest absolute Gasteiger partial charge is 0.412 e. The summed E-state index contributed by atoms with van der Waals surface area (Å²) in [6, 6.07) is 19.4. The Hall–Kier alpha value is -4.70. The molecule has 1 aliphatic rings. The molecule has 0 aromatic heterocycles. The minimum absolute atomic E-state index is 0.121. The molecule has 10 heteroatoms. The van der Waals surface area contributed by atoms with Gasteiger partial charge in [0.15, 0.2) is 11.5 Å². The first-order valence-electron chi connectivity index (χ1n) is 13.3. The molecular weight excluding hydrogens is 526 g/mol. The maximum absolute atomic E-state index is 13.1. The van der Waals surface area contributed by atoms with Gasteiger partial charge in [0.1, 0.15) is 18.5 Å². The number of aliphatic hydroxyl groups excluding tert-OH is 1. The molecule has 1 aliphatic heterocycles. The normalized spacial score (nSPS) is 13.0. The van der Waals surface area contributed by atoms with Crippen LogP contribution < -0.4 is 30.6 Å². The number of nitrogen functional groups attached to an aromatic ring is 1. The van der Waals surface area contributed by atoms with Crippen molar-refractivity contribution in [2.75, 3.05) is 36.4 Å². The summed E-state index contributed by atoms with van der Waals surface area (Å²) in [5, 5.41) is 14.7. The van der Waals surface area contributed by atoms with E-state index in [2.05, 4.69) is 10.6 Å². The third kappa shape index (κ3) is 8.15. The number of benzene rings is 3. The Morgan fingerprint density at radius 2 is 1.85 bits per heavy atom. The summed E-state index contributed by atoms with van der Waals surface area (Å²) in [7, 11) is 0. The van der Waals surface area contributed by atoms with Crippen molar-refractivity contribution < 1.29 is 33.6 Å². The molecule has 0 unspecified atom stereocenters. The van der Waals surface area contributed by atoms with E-state index in [0.717, 1.165) is 5.56 Å². The Balaban J connectivity index is 1.45. The summed E-state index contributed by atoms with van der Waals surface area (Å²) in [4.78, 5) is 25.5. The van der Waals surface area contributed by atoms with E-state index in [1.165, 1.54) is 6.08 Å². The lowest BCUT2D eigenvalue weighted by Crippen LogP contribution is -2.29. The summed E-state index contributed by atoms with van der Waals surface area (Å²) in [6.45, 7) is 4.14. The molecular formula is C31H35N3O7. The summed E-state index contributed by atoms with van der Waals surface area (Å²) in [5.74, 6) is 1.41. The van der Waals surface area contributed by atoms with E-state index in [9.17, 15) is 9.59 Å². The number of ether oxygens (including phenoxy) is 4. The molecule has 0 saturated heterocycles. The average Bonchev–Trinajstić information content (AvgIpc) is 3.42. The predicted octanol–water partition coefficient (Wildman–Crippen LogP) is 5.66. The Kier molecular flexibility index (Phi) is 9.70. The van der Waals surface area contributed by atoms with Gasteiger partial charge in [0, 0.05) is 17.2 Å². The van der Waals surface area contributed by atoms with Crippen molar-refractivity contribution in [3.8, 4) is 17.2 Å². The van der Waals surface area contributed by atoms with Crippen LogP contribution in [0.25, 0.3) is 0 Å². The average molecular weight is 562 g/mol. The van der Waals surface area contributed by atoms with E-state index in [-0.39, 0.29) is 25.9 Å². The van der Waals surface area contributed by atoms with Crippen molar-refractivity contribution in [2.45, 2.75) is 32.8 Å². The number of nitrogens with one attached hydrogen (secondary N) is 2. The first-order chi connectivity index (χ1) is 19.7. The molecule has 216 valence electrons. The van der Waals surface area contributed by atoms with E-state index in [0.29, 0.717) is 47.2 Å². The fraction of sp³-hybridized carbons (Fsp3) is 0.290. The van der Waals surface area contributed by atoms with E-state index in [1.54, 1.807) is 60.7 Å². The molecule has 1 atom stereocenters. The summed E-state index contributed by atoms with van der Waals surface area (Å²) in [5.41, 5.74) is 7.62. The van der Waals surface area contributed by atoms with Crippen LogP contribution in [0.3, 0.4) is 0 Å². The molecule has 4 rings (SSSR count). The van der Waals surface area contributed by atoms with Gasteiger partial charge in [-0.2, -0.15) is 0 Å². The van der Waals surface area contributed by atoms with E-state index < -0.39 is 17.6 Å². The van der Waals surface area contributed by atoms with Crippen LogP contribution >= 0.6 is 0 Å². The second kappa shape index (κ2) is 13.6. The molecule has 2 amide bonds. The van der Waals surface area contributed by atoms with Gasteiger partial charge in [0.05, 0.1) is 18.0 Å². The maximum Gasteiger partial charge on any atom is 0.412 e. The van der Waals surface area contributed by atoms with Crippen LogP contribution in [0.4, 0.5) is 21.9 Å². The molecule has 0 aliphatic carbocycles. The zero-order valence-corrected chi connectivity index (χ0v) is 23.1. The minimum atomic E-state index is -0.666. The molecule has 0 saturated carbocycles. The number of hydrogen-bond donors (Lipinski definition) is 4. The van der Waals surface area contributed by atoms with E-state index in [4.69, 9.17) is 29.8 Å². The standard InChI is InChI=1S/C31H35N3O7/c1-31(2,15-6-5-12-28(36)34-25-11-4-3-10-24(25)32)29(21-8-7-9-23(18-21)38-17-16-35)41-30(37)33-22-13-14-26-27(19-22)40-20-39-26/h3-5,7-14,18-19,29,35H,6,15-17,20,32H2,1-2H3,(H,33,37)(H,34,36)/b12-5+/t29-/m1/s1. The van der Waals surface area contributed by atoms with Gasteiger partial charge in [0.2, 0.25) is 12.7 Å². The molecule has 0 radical (unpaired) electrons. The SMILES string of the molecule is CC(C)(CC/C=C/C(=O)Nc1ccccc1N)[C@H](OC(=O)Nc1ccc2c(c1)OCO2)c1cccc(OCCO)c1. The summed E-state index contributed by atoms with van der Waals surface area (Å²) in [6.07, 6.45) is 3.08. The Bertz CT molecular complexity index is 1390. The Labute approximate surface area is 239 Å². The van der Waals surface area contributed by atoms with Gasteiger partial charge in [-0.15, -0.1) is 0 Å². The lowest BCUT2D eigenvalue weighted by molar-refractivity contribution is -0.111. The molecule has 0 fully saturated rings. The molecule has 1 heterocycles. The first-order valence-corrected chi connectivity index (χ1v) is 13.3. The van der Waals surface area contributed by atoms with Crippen LogP contribution in [-0.2, 0) is 9.53 Å². The Morgan fingerprint density at radius 1 is 1.05 bits per heavy atom. The van der Waals surface area contributed by atoms with Gasteiger partial charge in [-0.25, -0.2) is 4.79 Å². The highest BCUT2D eigenvalue weighted by Gasteiger charge is 2.34. The van der Waals surface area contributed by atoms with E-state index >= 15 is 0 Å². The number of carbonyl (C=O) groups excluding carboxylic acids is 2. The highest BCUT2D eigenvalue weighted by atomic mass is 16.7. The molecule has 0 spiro atoms. The molecule has 10 nitrogen and oxygen atoms in total. The van der Waals surface area contributed by atoms with Crippen LogP contribution in [0, 0.1) is 5.41 Å². The number of nitrogens with two attached hydrogens (primary N) is 1. The van der Waals surface area contributed by atoms with E-state index in [1.807, 2.05) is 26.0 Å². The summed E-state index contributed by atoms with van der Waals surface area (Å²) < 4.78 is 22.3. The number of anilines is 3. The Morgan fingerprint density at radius 3 is 2.66 bits per heavy atom. The third-order valence-corrected chi connectivity index (χ3v) is 6.52. The number of para-hydroxylation sites is 2.